The summed E-state index contributed by atoms with van der Waals surface area (Å²) in [5.41, 5.74) is -1.82. The quantitative estimate of drug-likeness (QED) is 0.318. The molecule has 0 bridgehead atoms. The Kier molecular flexibility index (Phi) is 6.34. The average Bonchev–Trinajstić information content (AvgIpc) is 2.82. The van der Waals surface area contributed by atoms with Crippen LogP contribution in [-0.2, 0) is 12.4 Å². The Morgan fingerprint density at radius 3 is 2.20 bits per heavy atom. The largest absolute Gasteiger partial charge is 0.418 e. The number of nitrogens with one attached hydrogen (secondary N) is 1. The first-order valence-electron chi connectivity index (χ1n) is 10.0. The number of benzene rings is 2. The minimum atomic E-state index is -4.79. The maximum atomic E-state index is 13.7. The molecular formula is C23H16F6N4O2. The third-order valence-corrected chi connectivity index (χ3v) is 5.16. The molecule has 0 aliphatic heterocycles. The van der Waals surface area contributed by atoms with Gasteiger partial charge in [-0.25, -0.2) is 9.97 Å². The van der Waals surface area contributed by atoms with Crippen molar-refractivity contribution in [3.8, 4) is 11.3 Å². The summed E-state index contributed by atoms with van der Waals surface area (Å²) in [6, 6.07) is 9.22. The van der Waals surface area contributed by atoms with Crippen LogP contribution in [0.3, 0.4) is 0 Å². The first-order valence-corrected chi connectivity index (χ1v) is 10.0. The van der Waals surface area contributed by atoms with Crippen molar-refractivity contribution in [2.24, 2.45) is 0 Å². The van der Waals surface area contributed by atoms with Crippen molar-refractivity contribution < 1.29 is 36.6 Å². The summed E-state index contributed by atoms with van der Waals surface area (Å²) in [5.74, 6) is 0.242. The molecule has 0 fully saturated rings. The molecule has 0 saturated heterocycles. The van der Waals surface area contributed by atoms with Crippen LogP contribution in [0, 0.1) is 0 Å². The second-order valence-corrected chi connectivity index (χ2v) is 7.52. The number of pyridine rings is 1. The molecule has 2 aromatic carbocycles. The van der Waals surface area contributed by atoms with Crippen molar-refractivity contribution in [3.63, 3.8) is 0 Å². The Labute approximate surface area is 193 Å². The van der Waals surface area contributed by atoms with E-state index in [1.807, 2.05) is 0 Å². The van der Waals surface area contributed by atoms with Gasteiger partial charge in [-0.2, -0.15) is 26.3 Å². The number of fused-ring (bicyclic) bond motifs is 1. The summed E-state index contributed by atoms with van der Waals surface area (Å²) in [6.07, 6.45) is -8.57. The van der Waals surface area contributed by atoms with Crippen molar-refractivity contribution in [2.75, 3.05) is 11.9 Å². The summed E-state index contributed by atoms with van der Waals surface area (Å²) >= 11 is 0. The van der Waals surface area contributed by atoms with E-state index >= 15 is 0 Å². The third-order valence-electron chi connectivity index (χ3n) is 5.16. The summed E-state index contributed by atoms with van der Waals surface area (Å²) in [6.45, 7) is -0.764. The zero-order chi connectivity index (χ0) is 25.4. The molecule has 0 amide bonds. The summed E-state index contributed by atoms with van der Waals surface area (Å²) < 4.78 is 79.5. The third kappa shape index (κ3) is 5.17. The van der Waals surface area contributed by atoms with E-state index < -0.39 is 41.9 Å². The highest BCUT2D eigenvalue weighted by atomic mass is 19.4. The Bertz CT molecular complexity index is 1360. The fourth-order valence-corrected chi connectivity index (χ4v) is 3.40. The molecule has 4 rings (SSSR count). The standard InChI is InChI=1S/C23H16F6N4O2/c24-22(25,26)14-2-4-15(5-3-14)33-21-16-6-1-12(8-18(16)31-11-32-21)20-17(23(27,28)29)7-13(9-30-20)19(35)10-34/h1-9,11,19,34-35H,10H2,(H,31,32,33). The van der Waals surface area contributed by atoms with Crippen molar-refractivity contribution in [2.45, 2.75) is 18.5 Å². The molecule has 0 aliphatic carbocycles. The molecule has 4 aromatic rings. The molecule has 12 heteroatoms. The average molecular weight is 494 g/mol. The van der Waals surface area contributed by atoms with E-state index in [1.54, 1.807) is 0 Å². The van der Waals surface area contributed by atoms with Crippen LogP contribution >= 0.6 is 0 Å². The molecule has 0 aliphatic rings. The number of aromatic nitrogens is 3. The summed E-state index contributed by atoms with van der Waals surface area (Å²) in [7, 11) is 0. The number of halogens is 6. The first kappa shape index (κ1) is 24.4. The molecule has 2 aromatic heterocycles. The van der Waals surface area contributed by atoms with Gasteiger partial charge in [-0.05, 0) is 42.5 Å². The van der Waals surface area contributed by atoms with Gasteiger partial charge in [0, 0.05) is 28.4 Å². The lowest BCUT2D eigenvalue weighted by molar-refractivity contribution is -0.138. The first-order chi connectivity index (χ1) is 16.5. The van der Waals surface area contributed by atoms with Crippen LogP contribution in [0.2, 0.25) is 0 Å². The van der Waals surface area contributed by atoms with Crippen LogP contribution in [0.25, 0.3) is 22.2 Å². The van der Waals surface area contributed by atoms with Gasteiger partial charge in [0.05, 0.1) is 28.9 Å². The van der Waals surface area contributed by atoms with E-state index in [0.717, 1.165) is 30.7 Å². The number of aliphatic hydroxyl groups is 2. The topological polar surface area (TPSA) is 91.2 Å². The second kappa shape index (κ2) is 9.12. The van der Waals surface area contributed by atoms with E-state index in [2.05, 4.69) is 20.3 Å². The Morgan fingerprint density at radius 2 is 1.57 bits per heavy atom. The monoisotopic (exact) mass is 494 g/mol. The van der Waals surface area contributed by atoms with Gasteiger partial charge in [0.2, 0.25) is 0 Å². The number of anilines is 2. The Hall–Kier alpha value is -3.77. The predicted molar refractivity (Wildman–Crippen MR) is 115 cm³/mol. The van der Waals surface area contributed by atoms with Crippen LogP contribution in [0.4, 0.5) is 37.8 Å². The molecule has 35 heavy (non-hydrogen) atoms. The van der Waals surface area contributed by atoms with E-state index in [1.165, 1.54) is 30.3 Å². The van der Waals surface area contributed by atoms with Crippen LogP contribution in [0.1, 0.15) is 22.8 Å². The number of nitrogens with zero attached hydrogens (tertiary/aromatic N) is 3. The van der Waals surface area contributed by atoms with Gasteiger partial charge in [0.1, 0.15) is 18.2 Å². The number of alkyl halides is 6. The zero-order valence-corrected chi connectivity index (χ0v) is 17.6. The van der Waals surface area contributed by atoms with Crippen molar-refractivity contribution in [1.29, 1.82) is 0 Å². The lowest BCUT2D eigenvalue weighted by Gasteiger charge is -2.16. The maximum Gasteiger partial charge on any atom is 0.418 e. The van der Waals surface area contributed by atoms with Gasteiger partial charge in [-0.1, -0.05) is 6.07 Å². The fraction of sp³-hybridized carbons (Fsp3) is 0.174. The number of rotatable bonds is 5. The molecule has 182 valence electrons. The normalized spacial score (nSPS) is 13.1. The molecule has 0 saturated carbocycles. The van der Waals surface area contributed by atoms with Crippen LogP contribution < -0.4 is 5.32 Å². The highest BCUT2D eigenvalue weighted by Gasteiger charge is 2.35. The molecule has 0 spiro atoms. The molecule has 2 heterocycles. The lowest BCUT2D eigenvalue weighted by atomic mass is 10.0. The van der Waals surface area contributed by atoms with Gasteiger partial charge in [0.15, 0.2) is 0 Å². The highest BCUT2D eigenvalue weighted by molar-refractivity contribution is 5.93. The van der Waals surface area contributed by atoms with Crippen LogP contribution in [-0.4, -0.2) is 31.8 Å². The second-order valence-electron chi connectivity index (χ2n) is 7.52. The van der Waals surface area contributed by atoms with Gasteiger partial charge < -0.3 is 15.5 Å². The van der Waals surface area contributed by atoms with Gasteiger partial charge in [-0.15, -0.1) is 0 Å². The molecule has 6 nitrogen and oxygen atoms in total. The van der Waals surface area contributed by atoms with Crippen LogP contribution in [0.5, 0.6) is 0 Å². The van der Waals surface area contributed by atoms with Crippen molar-refractivity contribution in [1.82, 2.24) is 15.0 Å². The molecular weight excluding hydrogens is 478 g/mol. The molecule has 0 radical (unpaired) electrons. The van der Waals surface area contributed by atoms with E-state index in [4.69, 9.17) is 5.11 Å². The molecule has 1 unspecified atom stereocenters. The molecule has 1 atom stereocenters. The predicted octanol–water partition coefficient (Wildman–Crippen LogP) is 5.50. The van der Waals surface area contributed by atoms with Gasteiger partial charge in [0.25, 0.3) is 0 Å². The Balaban J connectivity index is 1.72. The zero-order valence-electron chi connectivity index (χ0n) is 17.6. The highest BCUT2D eigenvalue weighted by Crippen LogP contribution is 2.38. The smallest absolute Gasteiger partial charge is 0.393 e. The number of aliphatic hydroxyl groups excluding tert-OH is 2. The van der Waals surface area contributed by atoms with E-state index in [-0.39, 0.29) is 22.5 Å². The minimum absolute atomic E-state index is 0.0917. The minimum Gasteiger partial charge on any atom is -0.393 e. The lowest BCUT2D eigenvalue weighted by Crippen LogP contribution is -2.12. The maximum absolute atomic E-state index is 13.7. The Morgan fingerprint density at radius 1 is 0.857 bits per heavy atom. The van der Waals surface area contributed by atoms with Gasteiger partial charge >= 0.3 is 12.4 Å². The molecule has 3 N–H and O–H groups in total. The van der Waals surface area contributed by atoms with E-state index in [9.17, 15) is 31.4 Å². The van der Waals surface area contributed by atoms with Crippen LogP contribution in [0.15, 0.2) is 61.1 Å². The summed E-state index contributed by atoms with van der Waals surface area (Å²) in [5, 5.41) is 22.0. The number of hydrogen-bond acceptors (Lipinski definition) is 6. The van der Waals surface area contributed by atoms with E-state index in [0.29, 0.717) is 11.1 Å². The summed E-state index contributed by atoms with van der Waals surface area (Å²) in [4.78, 5) is 12.0. The van der Waals surface area contributed by atoms with Gasteiger partial charge in [-0.3, -0.25) is 4.98 Å². The fourth-order valence-electron chi connectivity index (χ4n) is 3.40. The number of hydrogen-bond donors (Lipinski definition) is 3. The van der Waals surface area contributed by atoms with Crippen molar-refractivity contribution >= 4 is 22.4 Å². The van der Waals surface area contributed by atoms with Crippen molar-refractivity contribution in [3.05, 3.63) is 77.7 Å². The SMILES string of the molecule is OCC(O)c1cnc(-c2ccc3c(Nc4ccc(C(F)(F)F)cc4)ncnc3c2)c(C(F)(F)F)c1.